The van der Waals surface area contributed by atoms with Gasteiger partial charge < -0.3 is 14.6 Å². The molecule has 2 saturated carbocycles. The summed E-state index contributed by atoms with van der Waals surface area (Å²) in [7, 11) is 1.99. The number of carbonyl (C=O) groups is 1. The summed E-state index contributed by atoms with van der Waals surface area (Å²) in [5, 5.41) is 3.87. The molecule has 0 atom stereocenters. The number of aromatic nitrogens is 2. The van der Waals surface area contributed by atoms with Crippen molar-refractivity contribution in [3.63, 3.8) is 0 Å². The largest absolute Gasteiger partial charge is 0.440 e. The minimum atomic E-state index is -0.0210. The normalized spacial score (nSPS) is 24.8. The van der Waals surface area contributed by atoms with Gasteiger partial charge in [-0.2, -0.15) is 0 Å². The van der Waals surface area contributed by atoms with Crippen LogP contribution in [-0.2, 0) is 0 Å². The minimum Gasteiger partial charge on any atom is -0.440 e. The second kappa shape index (κ2) is 7.52. The molecule has 7 heteroatoms. The van der Waals surface area contributed by atoms with Gasteiger partial charge in [-0.05, 0) is 75.3 Å². The van der Waals surface area contributed by atoms with Gasteiger partial charge >= 0.3 is 0 Å². The molecule has 0 unspecified atom stereocenters. The molecule has 2 fully saturated rings. The number of benzene rings is 1. The average molecular weight is 439 g/mol. The van der Waals surface area contributed by atoms with E-state index in [2.05, 4.69) is 34.0 Å². The van der Waals surface area contributed by atoms with Crippen LogP contribution in [0.2, 0.25) is 5.02 Å². The second-order valence-electron chi connectivity index (χ2n) is 9.46. The van der Waals surface area contributed by atoms with Crippen LogP contribution < -0.4 is 10.2 Å². The van der Waals surface area contributed by atoms with Crippen molar-refractivity contribution < 1.29 is 9.21 Å². The smallest absolute Gasteiger partial charge is 0.251 e. The highest BCUT2D eigenvalue weighted by atomic mass is 35.5. The Bertz CT molecular complexity index is 1130. The molecule has 2 aromatic heterocycles. The molecule has 0 bridgehead atoms. The fourth-order valence-electron chi connectivity index (χ4n) is 4.96. The van der Waals surface area contributed by atoms with Gasteiger partial charge in [0.05, 0.1) is 0 Å². The number of oxazole rings is 1. The second-order valence-corrected chi connectivity index (χ2v) is 9.89. The number of anilines is 1. The monoisotopic (exact) mass is 438 g/mol. The summed E-state index contributed by atoms with van der Waals surface area (Å²) < 4.78 is 5.94. The van der Waals surface area contributed by atoms with E-state index in [1.165, 1.54) is 0 Å². The maximum absolute atomic E-state index is 12.7. The van der Waals surface area contributed by atoms with Crippen molar-refractivity contribution in [2.75, 3.05) is 11.9 Å². The number of carbonyl (C=O) groups excluding carboxylic acids is 1. The summed E-state index contributed by atoms with van der Waals surface area (Å²) in [6, 6.07) is 9.74. The number of amides is 1. The summed E-state index contributed by atoms with van der Waals surface area (Å²) >= 11 is 6.05. The molecule has 31 heavy (non-hydrogen) atoms. The zero-order valence-electron chi connectivity index (χ0n) is 18.1. The highest BCUT2D eigenvalue weighted by molar-refractivity contribution is 6.31. The predicted octanol–water partition coefficient (Wildman–Crippen LogP) is 5.18. The Labute approximate surface area is 187 Å². The lowest BCUT2D eigenvalue weighted by molar-refractivity contribution is -0.0253. The molecule has 0 saturated heterocycles. The molecule has 1 N–H and O–H groups in total. The van der Waals surface area contributed by atoms with E-state index in [0.717, 1.165) is 48.5 Å². The Kier molecular flexibility index (Phi) is 4.93. The Hall–Kier alpha value is -2.60. The molecule has 3 aromatic rings. The fraction of sp³-hybridized carbons (Fsp3) is 0.458. The first-order valence-electron chi connectivity index (χ1n) is 10.9. The van der Waals surface area contributed by atoms with Crippen molar-refractivity contribution >= 4 is 34.4 Å². The van der Waals surface area contributed by atoms with Gasteiger partial charge in [-0.3, -0.25) is 4.79 Å². The fourth-order valence-corrected chi connectivity index (χ4v) is 5.13. The molecule has 2 heterocycles. The zero-order valence-corrected chi connectivity index (χ0v) is 18.8. The third-order valence-corrected chi connectivity index (χ3v) is 7.15. The van der Waals surface area contributed by atoms with Crippen molar-refractivity contribution in [2.24, 2.45) is 5.41 Å². The molecule has 1 spiro atoms. The van der Waals surface area contributed by atoms with Crippen LogP contribution in [0.3, 0.4) is 0 Å². The lowest BCUT2D eigenvalue weighted by Gasteiger charge is -2.57. The van der Waals surface area contributed by atoms with E-state index in [-0.39, 0.29) is 11.9 Å². The van der Waals surface area contributed by atoms with Gasteiger partial charge in [0.25, 0.3) is 5.91 Å². The topological polar surface area (TPSA) is 71.3 Å². The molecule has 5 rings (SSSR count). The SMILES string of the molecule is CC(C)N(C)c1cc(C(=O)NC2CC3(C2)CC(c2nc4cc(Cl)ccc4o2)C3)ccn1. The van der Waals surface area contributed by atoms with E-state index >= 15 is 0 Å². The van der Waals surface area contributed by atoms with E-state index in [9.17, 15) is 4.79 Å². The first-order chi connectivity index (χ1) is 14.8. The van der Waals surface area contributed by atoms with E-state index in [4.69, 9.17) is 16.0 Å². The first kappa shape index (κ1) is 20.3. The molecule has 0 radical (unpaired) electrons. The van der Waals surface area contributed by atoms with Gasteiger partial charge in [-0.1, -0.05) is 11.6 Å². The number of nitrogens with zero attached hydrogens (tertiary/aromatic N) is 3. The number of fused-ring (bicyclic) bond motifs is 1. The van der Waals surface area contributed by atoms with Crippen LogP contribution >= 0.6 is 11.6 Å². The van der Waals surface area contributed by atoms with E-state index in [1.807, 2.05) is 31.3 Å². The third kappa shape index (κ3) is 3.78. The van der Waals surface area contributed by atoms with Gasteiger partial charge in [0.2, 0.25) is 0 Å². The minimum absolute atomic E-state index is 0.0210. The predicted molar refractivity (Wildman–Crippen MR) is 122 cm³/mol. The van der Waals surface area contributed by atoms with Crippen LogP contribution in [0.4, 0.5) is 5.82 Å². The molecule has 1 aromatic carbocycles. The number of rotatable bonds is 5. The van der Waals surface area contributed by atoms with Crippen molar-refractivity contribution in [1.82, 2.24) is 15.3 Å². The third-order valence-electron chi connectivity index (χ3n) is 6.91. The van der Waals surface area contributed by atoms with Crippen molar-refractivity contribution in [2.45, 2.75) is 57.5 Å². The van der Waals surface area contributed by atoms with E-state index in [1.54, 1.807) is 12.3 Å². The molecule has 162 valence electrons. The molecule has 2 aliphatic rings. The Morgan fingerprint density at radius 2 is 2.00 bits per heavy atom. The van der Waals surface area contributed by atoms with Gasteiger partial charge in [-0.25, -0.2) is 9.97 Å². The first-order valence-corrected chi connectivity index (χ1v) is 11.3. The summed E-state index contributed by atoms with van der Waals surface area (Å²) in [6.07, 6.45) is 5.88. The number of nitrogens with one attached hydrogen (secondary N) is 1. The molecule has 6 nitrogen and oxygen atoms in total. The molecule has 2 aliphatic carbocycles. The van der Waals surface area contributed by atoms with Crippen LogP contribution in [0.1, 0.15) is 61.7 Å². The number of pyridine rings is 1. The van der Waals surface area contributed by atoms with Gasteiger partial charge in [-0.15, -0.1) is 0 Å². The maximum Gasteiger partial charge on any atom is 0.251 e. The molecular formula is C24H27ClN4O2. The van der Waals surface area contributed by atoms with Crippen LogP contribution in [-0.4, -0.2) is 35.0 Å². The Morgan fingerprint density at radius 1 is 1.23 bits per heavy atom. The van der Waals surface area contributed by atoms with Gasteiger partial charge in [0.15, 0.2) is 11.5 Å². The van der Waals surface area contributed by atoms with Gasteiger partial charge in [0.1, 0.15) is 11.3 Å². The standard InChI is InChI=1S/C24H27ClN4O2/c1-14(2)29(3)21-8-15(6-7-26-21)22(30)27-18-12-24(13-18)10-16(11-24)23-28-19-9-17(25)4-5-20(19)31-23/h4-9,14,16,18H,10-13H2,1-3H3,(H,27,30). The Balaban J connectivity index is 1.16. The van der Waals surface area contributed by atoms with Crippen molar-refractivity contribution in [1.29, 1.82) is 0 Å². The highest BCUT2D eigenvalue weighted by Gasteiger charge is 2.54. The summed E-state index contributed by atoms with van der Waals surface area (Å²) in [5.74, 6) is 1.97. The molecule has 0 aliphatic heterocycles. The Morgan fingerprint density at radius 3 is 2.74 bits per heavy atom. The summed E-state index contributed by atoms with van der Waals surface area (Å²) in [4.78, 5) is 23.8. The van der Waals surface area contributed by atoms with E-state index < -0.39 is 0 Å². The zero-order chi connectivity index (χ0) is 21.8. The van der Waals surface area contributed by atoms with Gasteiger partial charge in [0, 0.05) is 41.8 Å². The molecule has 1 amide bonds. The lowest BCUT2D eigenvalue weighted by atomic mass is 9.50. The number of hydrogen-bond donors (Lipinski definition) is 1. The quantitative estimate of drug-likeness (QED) is 0.594. The summed E-state index contributed by atoms with van der Waals surface area (Å²) in [6.45, 7) is 4.20. The lowest BCUT2D eigenvalue weighted by Crippen LogP contribution is -2.55. The van der Waals surface area contributed by atoms with Crippen molar-refractivity contribution in [3.8, 4) is 0 Å². The summed E-state index contributed by atoms with van der Waals surface area (Å²) in [5.41, 5.74) is 2.60. The van der Waals surface area contributed by atoms with Crippen LogP contribution in [0.25, 0.3) is 11.1 Å². The van der Waals surface area contributed by atoms with Crippen LogP contribution in [0.15, 0.2) is 40.9 Å². The maximum atomic E-state index is 12.7. The molecular weight excluding hydrogens is 412 g/mol. The van der Waals surface area contributed by atoms with Crippen molar-refractivity contribution in [3.05, 3.63) is 53.0 Å². The van der Waals surface area contributed by atoms with Crippen LogP contribution in [0, 0.1) is 5.41 Å². The number of hydrogen-bond acceptors (Lipinski definition) is 5. The number of halogens is 1. The van der Waals surface area contributed by atoms with E-state index in [0.29, 0.717) is 28.0 Å². The average Bonchev–Trinajstić information content (AvgIpc) is 3.10. The highest BCUT2D eigenvalue weighted by Crippen LogP contribution is 2.61. The van der Waals surface area contributed by atoms with Crippen LogP contribution in [0.5, 0.6) is 0 Å².